The van der Waals surface area contributed by atoms with Crippen molar-refractivity contribution in [3.05, 3.63) is 59.2 Å². The fraction of sp³-hybridized carbons (Fsp3) is 0.333. The molecular weight excluding hydrogens is 262 g/mol. The third kappa shape index (κ3) is 4.23. The number of ether oxygens (including phenoxy) is 2. The summed E-state index contributed by atoms with van der Waals surface area (Å²) in [5, 5.41) is 3.32. The summed E-state index contributed by atoms with van der Waals surface area (Å²) in [4.78, 5) is 0. The lowest BCUT2D eigenvalue weighted by atomic mass is 10.0. The third-order valence-electron chi connectivity index (χ3n) is 3.47. The number of hydrogen-bond acceptors (Lipinski definition) is 3. The normalized spacial score (nSPS) is 12.0. The molecule has 0 aliphatic rings. The molecule has 0 spiro atoms. The van der Waals surface area contributed by atoms with Gasteiger partial charge < -0.3 is 14.8 Å². The lowest BCUT2D eigenvalue weighted by Gasteiger charge is -2.19. The molecule has 2 aromatic carbocycles. The van der Waals surface area contributed by atoms with Gasteiger partial charge in [0.05, 0.1) is 13.2 Å². The van der Waals surface area contributed by atoms with Crippen LogP contribution in [0.4, 0.5) is 0 Å². The smallest absolute Gasteiger partial charge is 0.119 e. The van der Waals surface area contributed by atoms with Crippen molar-refractivity contribution < 1.29 is 9.47 Å². The quantitative estimate of drug-likeness (QED) is 0.878. The largest absolute Gasteiger partial charge is 0.497 e. The number of methoxy groups -OCH3 is 1. The standard InChI is InChI=1S/C18H23NO2/c1-13-9-14(2)11-15(10-13)18(19-3)12-21-17-7-5-16(20-4)6-8-17/h5-11,18-19H,12H2,1-4H3. The zero-order chi connectivity index (χ0) is 15.2. The predicted octanol–water partition coefficient (Wildman–Crippen LogP) is 3.65. The topological polar surface area (TPSA) is 30.5 Å². The van der Waals surface area contributed by atoms with Crippen LogP contribution < -0.4 is 14.8 Å². The van der Waals surface area contributed by atoms with Crippen LogP contribution in [0.5, 0.6) is 11.5 Å². The molecule has 0 radical (unpaired) electrons. The van der Waals surface area contributed by atoms with E-state index in [1.54, 1.807) is 7.11 Å². The fourth-order valence-corrected chi connectivity index (χ4v) is 2.41. The Kier molecular flexibility index (Phi) is 5.23. The summed E-state index contributed by atoms with van der Waals surface area (Å²) in [7, 11) is 3.62. The number of hydrogen-bond donors (Lipinski definition) is 1. The van der Waals surface area contributed by atoms with Crippen LogP contribution >= 0.6 is 0 Å². The molecule has 0 bridgehead atoms. The van der Waals surface area contributed by atoms with Crippen LogP contribution in [0.1, 0.15) is 22.7 Å². The van der Waals surface area contributed by atoms with Gasteiger partial charge in [0.15, 0.2) is 0 Å². The maximum absolute atomic E-state index is 5.87. The summed E-state index contributed by atoms with van der Waals surface area (Å²) in [6.07, 6.45) is 0. The highest BCUT2D eigenvalue weighted by atomic mass is 16.5. The van der Waals surface area contributed by atoms with E-state index in [9.17, 15) is 0 Å². The van der Waals surface area contributed by atoms with Crippen molar-refractivity contribution in [2.75, 3.05) is 20.8 Å². The molecule has 2 rings (SSSR count). The van der Waals surface area contributed by atoms with E-state index >= 15 is 0 Å². The number of nitrogens with one attached hydrogen (secondary N) is 1. The second-order valence-corrected chi connectivity index (χ2v) is 5.25. The lowest BCUT2D eigenvalue weighted by molar-refractivity contribution is 0.272. The Bertz CT molecular complexity index is 558. The van der Waals surface area contributed by atoms with Gasteiger partial charge in [0, 0.05) is 0 Å². The van der Waals surface area contributed by atoms with Gasteiger partial charge >= 0.3 is 0 Å². The van der Waals surface area contributed by atoms with Gasteiger partial charge in [-0.15, -0.1) is 0 Å². The summed E-state index contributed by atoms with van der Waals surface area (Å²) in [5.41, 5.74) is 3.80. The van der Waals surface area contributed by atoms with Crippen LogP contribution in [0, 0.1) is 13.8 Å². The molecule has 1 unspecified atom stereocenters. The fourth-order valence-electron chi connectivity index (χ4n) is 2.41. The molecule has 0 aromatic heterocycles. The van der Waals surface area contributed by atoms with Crippen LogP contribution in [-0.4, -0.2) is 20.8 Å². The van der Waals surface area contributed by atoms with E-state index in [0.717, 1.165) is 11.5 Å². The Morgan fingerprint density at radius 2 is 1.52 bits per heavy atom. The second kappa shape index (κ2) is 7.14. The summed E-state index contributed by atoms with van der Waals surface area (Å²) >= 11 is 0. The Balaban J connectivity index is 2.04. The molecule has 1 N–H and O–H groups in total. The highest BCUT2D eigenvalue weighted by Gasteiger charge is 2.11. The number of aryl methyl sites for hydroxylation is 2. The minimum Gasteiger partial charge on any atom is -0.497 e. The molecule has 0 amide bonds. The van der Waals surface area contributed by atoms with Crippen molar-refractivity contribution in [1.29, 1.82) is 0 Å². The lowest BCUT2D eigenvalue weighted by Crippen LogP contribution is -2.23. The van der Waals surface area contributed by atoms with Gasteiger partial charge in [-0.2, -0.15) is 0 Å². The van der Waals surface area contributed by atoms with Crippen molar-refractivity contribution in [3.63, 3.8) is 0 Å². The van der Waals surface area contributed by atoms with E-state index in [-0.39, 0.29) is 6.04 Å². The van der Waals surface area contributed by atoms with Crippen LogP contribution in [0.3, 0.4) is 0 Å². The average molecular weight is 285 g/mol. The molecule has 3 nitrogen and oxygen atoms in total. The molecule has 0 aliphatic heterocycles. The first-order valence-electron chi connectivity index (χ1n) is 7.14. The van der Waals surface area contributed by atoms with E-state index in [0.29, 0.717) is 6.61 Å². The first-order valence-corrected chi connectivity index (χ1v) is 7.14. The van der Waals surface area contributed by atoms with E-state index in [2.05, 4.69) is 37.4 Å². The van der Waals surface area contributed by atoms with Crippen molar-refractivity contribution >= 4 is 0 Å². The van der Waals surface area contributed by atoms with Gasteiger partial charge in [0.25, 0.3) is 0 Å². The summed E-state index contributed by atoms with van der Waals surface area (Å²) in [5.74, 6) is 1.68. The van der Waals surface area contributed by atoms with Crippen molar-refractivity contribution in [2.24, 2.45) is 0 Å². The zero-order valence-electron chi connectivity index (χ0n) is 13.1. The monoisotopic (exact) mass is 285 g/mol. The Labute approximate surface area is 126 Å². The van der Waals surface area contributed by atoms with Gasteiger partial charge in [-0.05, 0) is 50.7 Å². The van der Waals surface area contributed by atoms with Crippen LogP contribution in [0.25, 0.3) is 0 Å². The first-order chi connectivity index (χ1) is 10.1. The third-order valence-corrected chi connectivity index (χ3v) is 3.47. The van der Waals surface area contributed by atoms with E-state index in [1.807, 2.05) is 31.3 Å². The minimum absolute atomic E-state index is 0.172. The van der Waals surface area contributed by atoms with Crippen LogP contribution in [0.2, 0.25) is 0 Å². The molecule has 21 heavy (non-hydrogen) atoms. The SMILES string of the molecule is CNC(COc1ccc(OC)cc1)c1cc(C)cc(C)c1. The molecule has 0 fully saturated rings. The molecule has 0 saturated carbocycles. The van der Waals surface area contributed by atoms with Crippen LogP contribution in [-0.2, 0) is 0 Å². The highest BCUT2D eigenvalue weighted by Crippen LogP contribution is 2.21. The molecule has 112 valence electrons. The molecule has 0 heterocycles. The van der Waals surface area contributed by atoms with Gasteiger partial charge in [0.2, 0.25) is 0 Å². The van der Waals surface area contributed by atoms with Gasteiger partial charge in [-0.3, -0.25) is 0 Å². The Hall–Kier alpha value is -2.00. The van der Waals surface area contributed by atoms with E-state index < -0.39 is 0 Å². The second-order valence-electron chi connectivity index (χ2n) is 5.25. The molecule has 0 aliphatic carbocycles. The van der Waals surface area contributed by atoms with E-state index in [1.165, 1.54) is 16.7 Å². The summed E-state index contributed by atoms with van der Waals surface area (Å²) in [6.45, 7) is 4.83. The van der Waals surface area contributed by atoms with Crippen molar-refractivity contribution in [2.45, 2.75) is 19.9 Å². The first kappa shape index (κ1) is 15.4. The minimum atomic E-state index is 0.172. The number of benzene rings is 2. The zero-order valence-corrected chi connectivity index (χ0v) is 13.1. The van der Waals surface area contributed by atoms with Crippen molar-refractivity contribution in [3.8, 4) is 11.5 Å². The number of rotatable bonds is 6. The molecule has 3 heteroatoms. The van der Waals surface area contributed by atoms with E-state index in [4.69, 9.17) is 9.47 Å². The maximum Gasteiger partial charge on any atom is 0.119 e. The Morgan fingerprint density at radius 3 is 2.05 bits per heavy atom. The van der Waals surface area contributed by atoms with Gasteiger partial charge in [0.1, 0.15) is 18.1 Å². The molecular formula is C18H23NO2. The average Bonchev–Trinajstić information content (AvgIpc) is 2.47. The van der Waals surface area contributed by atoms with Gasteiger partial charge in [-0.1, -0.05) is 29.3 Å². The predicted molar refractivity (Wildman–Crippen MR) is 86.2 cm³/mol. The maximum atomic E-state index is 5.87. The summed E-state index contributed by atoms with van der Waals surface area (Å²) in [6, 6.07) is 14.4. The highest BCUT2D eigenvalue weighted by molar-refractivity contribution is 5.32. The number of likely N-dealkylation sites (N-methyl/N-ethyl adjacent to an activating group) is 1. The Morgan fingerprint density at radius 1 is 0.952 bits per heavy atom. The summed E-state index contributed by atoms with van der Waals surface area (Å²) < 4.78 is 11.0. The molecule has 2 aromatic rings. The molecule has 1 atom stereocenters. The molecule has 0 saturated heterocycles. The van der Waals surface area contributed by atoms with Crippen LogP contribution in [0.15, 0.2) is 42.5 Å². The van der Waals surface area contributed by atoms with Crippen molar-refractivity contribution in [1.82, 2.24) is 5.32 Å². The van der Waals surface area contributed by atoms with Gasteiger partial charge in [-0.25, -0.2) is 0 Å².